The van der Waals surface area contributed by atoms with Crippen LogP contribution in [0.4, 0.5) is 8.78 Å². The summed E-state index contributed by atoms with van der Waals surface area (Å²) >= 11 is 0. The first-order valence-corrected chi connectivity index (χ1v) is 5.39. The standard InChI is InChI=1S/C12H15F2NO3/c1-5(2)6-3-7(9(15)12(17)18)10(16)8(4-6)11(13)14/h3-5,9,11,16H,15H2,1-2H3,(H,17,18). The number of rotatable bonds is 4. The van der Waals surface area contributed by atoms with Crippen LogP contribution in [0.2, 0.25) is 0 Å². The van der Waals surface area contributed by atoms with Crippen LogP contribution in [0.3, 0.4) is 0 Å². The van der Waals surface area contributed by atoms with Gasteiger partial charge in [0.15, 0.2) is 0 Å². The van der Waals surface area contributed by atoms with Gasteiger partial charge in [-0.3, -0.25) is 4.79 Å². The minimum atomic E-state index is -2.89. The zero-order valence-corrected chi connectivity index (χ0v) is 10.0. The second-order valence-corrected chi connectivity index (χ2v) is 4.32. The Bertz CT molecular complexity index is 461. The predicted octanol–water partition coefficient (Wildman–Crippen LogP) is 2.54. The topological polar surface area (TPSA) is 83.5 Å². The van der Waals surface area contributed by atoms with Gasteiger partial charge in [-0.15, -0.1) is 0 Å². The number of carboxylic acid groups (broad SMARTS) is 1. The highest BCUT2D eigenvalue weighted by molar-refractivity contribution is 5.76. The number of carbonyl (C=O) groups is 1. The van der Waals surface area contributed by atoms with Crippen molar-refractivity contribution in [1.82, 2.24) is 0 Å². The molecule has 0 saturated carbocycles. The van der Waals surface area contributed by atoms with Crippen LogP contribution in [0, 0.1) is 0 Å². The molecule has 1 aromatic rings. The Labute approximate surface area is 103 Å². The lowest BCUT2D eigenvalue weighted by atomic mass is 9.94. The molecule has 0 heterocycles. The first kappa shape index (κ1) is 14.4. The van der Waals surface area contributed by atoms with E-state index in [0.29, 0.717) is 5.56 Å². The maximum absolute atomic E-state index is 12.8. The van der Waals surface area contributed by atoms with Crippen LogP contribution in [0.1, 0.15) is 48.9 Å². The zero-order chi connectivity index (χ0) is 14.0. The van der Waals surface area contributed by atoms with Gasteiger partial charge in [0.1, 0.15) is 11.8 Å². The molecule has 0 aliphatic carbocycles. The summed E-state index contributed by atoms with van der Waals surface area (Å²) in [6.45, 7) is 3.55. The first-order chi connectivity index (χ1) is 8.25. The van der Waals surface area contributed by atoms with Gasteiger partial charge < -0.3 is 15.9 Å². The molecule has 0 radical (unpaired) electrons. The number of hydrogen-bond acceptors (Lipinski definition) is 3. The van der Waals surface area contributed by atoms with Crippen LogP contribution < -0.4 is 5.73 Å². The predicted molar refractivity (Wildman–Crippen MR) is 61.7 cm³/mol. The van der Waals surface area contributed by atoms with E-state index in [2.05, 4.69) is 0 Å². The molecule has 4 N–H and O–H groups in total. The van der Waals surface area contributed by atoms with E-state index in [-0.39, 0.29) is 11.5 Å². The highest BCUT2D eigenvalue weighted by Gasteiger charge is 2.25. The molecule has 6 heteroatoms. The molecule has 1 aromatic carbocycles. The number of aromatic hydroxyl groups is 1. The number of hydrogen-bond donors (Lipinski definition) is 3. The molecule has 4 nitrogen and oxygen atoms in total. The second-order valence-electron chi connectivity index (χ2n) is 4.32. The summed E-state index contributed by atoms with van der Waals surface area (Å²) in [5.74, 6) is -2.21. The average molecular weight is 259 g/mol. The molecule has 1 atom stereocenters. The summed E-state index contributed by atoms with van der Waals surface area (Å²) in [5, 5.41) is 18.5. The van der Waals surface area contributed by atoms with Crippen LogP contribution in [-0.2, 0) is 4.79 Å². The summed E-state index contributed by atoms with van der Waals surface area (Å²) in [4.78, 5) is 10.8. The van der Waals surface area contributed by atoms with E-state index in [4.69, 9.17) is 10.8 Å². The summed E-state index contributed by atoms with van der Waals surface area (Å²) < 4.78 is 25.5. The van der Waals surface area contributed by atoms with E-state index >= 15 is 0 Å². The van der Waals surface area contributed by atoms with Gasteiger partial charge in [-0.1, -0.05) is 13.8 Å². The minimum absolute atomic E-state index is 0.0807. The maximum Gasteiger partial charge on any atom is 0.325 e. The number of phenols is 1. The summed E-state index contributed by atoms with van der Waals surface area (Å²) in [6, 6.07) is 0.995. The lowest BCUT2D eigenvalue weighted by molar-refractivity contribution is -0.138. The fourth-order valence-corrected chi connectivity index (χ4v) is 1.57. The smallest absolute Gasteiger partial charge is 0.325 e. The normalized spacial score (nSPS) is 13.1. The summed E-state index contributed by atoms with van der Waals surface area (Å²) in [7, 11) is 0. The molecule has 0 saturated heterocycles. The van der Waals surface area contributed by atoms with Crippen LogP contribution in [0.25, 0.3) is 0 Å². The molecule has 1 unspecified atom stereocenters. The molecule has 0 amide bonds. The van der Waals surface area contributed by atoms with E-state index in [1.54, 1.807) is 13.8 Å². The molecule has 1 rings (SSSR count). The lowest BCUT2D eigenvalue weighted by Crippen LogP contribution is -2.21. The summed E-state index contributed by atoms with van der Waals surface area (Å²) in [6.07, 6.45) is -2.89. The first-order valence-electron chi connectivity index (χ1n) is 5.39. The number of alkyl halides is 2. The fraction of sp³-hybridized carbons (Fsp3) is 0.417. The van der Waals surface area contributed by atoms with E-state index in [0.717, 1.165) is 0 Å². The van der Waals surface area contributed by atoms with Gasteiger partial charge in [-0.05, 0) is 23.6 Å². The SMILES string of the molecule is CC(C)c1cc(C(F)F)c(O)c(C(N)C(=O)O)c1. The van der Waals surface area contributed by atoms with Crippen molar-refractivity contribution in [2.75, 3.05) is 0 Å². The number of aliphatic carboxylic acids is 1. The number of benzene rings is 1. The van der Waals surface area contributed by atoms with Crippen LogP contribution in [-0.4, -0.2) is 16.2 Å². The third kappa shape index (κ3) is 2.76. The van der Waals surface area contributed by atoms with Crippen molar-refractivity contribution < 1.29 is 23.8 Å². The Hall–Kier alpha value is -1.69. The van der Waals surface area contributed by atoms with Gasteiger partial charge in [-0.2, -0.15) is 0 Å². The molecule has 0 fully saturated rings. The van der Waals surface area contributed by atoms with Crippen molar-refractivity contribution in [1.29, 1.82) is 0 Å². The minimum Gasteiger partial charge on any atom is -0.507 e. The van der Waals surface area contributed by atoms with Gasteiger partial charge >= 0.3 is 5.97 Å². The number of halogens is 2. The molecule has 18 heavy (non-hydrogen) atoms. The fourth-order valence-electron chi connectivity index (χ4n) is 1.57. The monoisotopic (exact) mass is 259 g/mol. The van der Waals surface area contributed by atoms with Crippen LogP contribution >= 0.6 is 0 Å². The van der Waals surface area contributed by atoms with E-state index in [9.17, 15) is 18.7 Å². The van der Waals surface area contributed by atoms with E-state index in [1.807, 2.05) is 0 Å². The average Bonchev–Trinajstić information content (AvgIpc) is 2.27. The van der Waals surface area contributed by atoms with Crippen LogP contribution in [0.15, 0.2) is 12.1 Å². The Morgan fingerprint density at radius 2 is 1.78 bits per heavy atom. The number of nitrogens with two attached hydrogens (primary N) is 1. The van der Waals surface area contributed by atoms with E-state index in [1.165, 1.54) is 12.1 Å². The molecule has 0 bridgehead atoms. The number of phenolic OH excluding ortho intramolecular Hbond substituents is 1. The third-order valence-corrected chi connectivity index (χ3v) is 2.69. The molecular weight excluding hydrogens is 244 g/mol. The third-order valence-electron chi connectivity index (χ3n) is 2.69. The van der Waals surface area contributed by atoms with E-state index < -0.39 is 29.7 Å². The van der Waals surface area contributed by atoms with Crippen molar-refractivity contribution in [3.8, 4) is 5.75 Å². The van der Waals surface area contributed by atoms with Crippen molar-refractivity contribution in [3.05, 3.63) is 28.8 Å². The highest BCUT2D eigenvalue weighted by Crippen LogP contribution is 2.36. The highest BCUT2D eigenvalue weighted by atomic mass is 19.3. The van der Waals surface area contributed by atoms with Crippen molar-refractivity contribution in [2.24, 2.45) is 5.73 Å². The quantitative estimate of drug-likeness (QED) is 0.775. The Morgan fingerprint density at radius 3 is 2.17 bits per heavy atom. The molecular formula is C12H15F2NO3. The van der Waals surface area contributed by atoms with Gasteiger partial charge in [0.2, 0.25) is 0 Å². The largest absolute Gasteiger partial charge is 0.507 e. The Kier molecular flexibility index (Phi) is 4.24. The molecule has 0 spiro atoms. The molecule has 0 aliphatic heterocycles. The molecule has 100 valence electrons. The van der Waals surface area contributed by atoms with Crippen molar-refractivity contribution >= 4 is 5.97 Å². The van der Waals surface area contributed by atoms with Crippen LogP contribution in [0.5, 0.6) is 5.75 Å². The second kappa shape index (κ2) is 5.30. The van der Waals surface area contributed by atoms with Gasteiger partial charge in [0.25, 0.3) is 6.43 Å². The Balaban J connectivity index is 3.45. The van der Waals surface area contributed by atoms with Crippen molar-refractivity contribution in [2.45, 2.75) is 32.2 Å². The maximum atomic E-state index is 12.8. The summed E-state index contributed by atoms with van der Waals surface area (Å²) in [5.41, 5.74) is 5.10. The molecule has 0 aromatic heterocycles. The zero-order valence-electron chi connectivity index (χ0n) is 10.0. The van der Waals surface area contributed by atoms with Gasteiger partial charge in [-0.25, -0.2) is 8.78 Å². The number of carboxylic acids is 1. The van der Waals surface area contributed by atoms with Crippen molar-refractivity contribution in [3.63, 3.8) is 0 Å². The van der Waals surface area contributed by atoms with Gasteiger partial charge in [0.05, 0.1) is 5.56 Å². The lowest BCUT2D eigenvalue weighted by Gasteiger charge is -2.16. The molecule has 0 aliphatic rings. The Morgan fingerprint density at radius 1 is 1.28 bits per heavy atom. The van der Waals surface area contributed by atoms with Gasteiger partial charge in [0, 0.05) is 5.56 Å².